The zero-order chi connectivity index (χ0) is 27.2. The van der Waals surface area contributed by atoms with Gasteiger partial charge in [-0.25, -0.2) is 4.39 Å². The van der Waals surface area contributed by atoms with Gasteiger partial charge in [-0.15, -0.1) is 0 Å². The molecule has 6 heteroatoms. The first-order valence-electron chi connectivity index (χ1n) is 14.2. The van der Waals surface area contributed by atoms with Crippen LogP contribution in [0.4, 0.5) is 10.1 Å². The van der Waals surface area contributed by atoms with Crippen LogP contribution in [0.5, 0.6) is 5.75 Å². The third-order valence-electron chi connectivity index (χ3n) is 7.96. The number of fused-ring (bicyclic) bond motifs is 1. The molecule has 2 unspecified atom stereocenters. The number of rotatable bonds is 10. The monoisotopic (exact) mass is 551 g/mol. The Hall–Kier alpha value is -2.60. The van der Waals surface area contributed by atoms with Crippen LogP contribution in [0.1, 0.15) is 75.2 Å². The lowest BCUT2D eigenvalue weighted by atomic mass is 9.86. The van der Waals surface area contributed by atoms with E-state index in [2.05, 4.69) is 25.2 Å². The summed E-state index contributed by atoms with van der Waals surface area (Å²) in [6, 6.07) is 20.5. The highest BCUT2D eigenvalue weighted by molar-refractivity contribution is 6.31. The van der Waals surface area contributed by atoms with E-state index in [1.165, 1.54) is 38.2 Å². The van der Waals surface area contributed by atoms with E-state index in [0.717, 1.165) is 40.5 Å². The third-order valence-corrected chi connectivity index (χ3v) is 8.33. The smallest absolute Gasteiger partial charge is 0.132 e. The van der Waals surface area contributed by atoms with Crippen LogP contribution >= 0.6 is 11.6 Å². The first-order valence-corrected chi connectivity index (χ1v) is 14.5. The van der Waals surface area contributed by atoms with Crippen molar-refractivity contribution in [1.82, 2.24) is 0 Å². The molecule has 1 fully saturated rings. The molecule has 1 heterocycles. The van der Waals surface area contributed by atoms with Crippen molar-refractivity contribution >= 4 is 17.3 Å². The first kappa shape index (κ1) is 27.9. The zero-order valence-electron chi connectivity index (χ0n) is 22.9. The summed E-state index contributed by atoms with van der Waals surface area (Å²) in [6.07, 6.45) is 6.99. The minimum absolute atomic E-state index is 0.236. The van der Waals surface area contributed by atoms with Crippen molar-refractivity contribution in [2.24, 2.45) is 5.92 Å². The van der Waals surface area contributed by atoms with Gasteiger partial charge < -0.3 is 19.5 Å². The van der Waals surface area contributed by atoms with Crippen LogP contribution in [0.15, 0.2) is 66.7 Å². The van der Waals surface area contributed by atoms with Gasteiger partial charge in [0.15, 0.2) is 0 Å². The minimum atomic E-state index is -0.611. The van der Waals surface area contributed by atoms with E-state index in [9.17, 15) is 4.39 Å². The Bertz CT molecular complexity index is 1240. The second kappa shape index (κ2) is 12.7. The normalized spacial score (nSPS) is 20.7. The molecule has 0 saturated heterocycles. The van der Waals surface area contributed by atoms with Gasteiger partial charge in [-0.3, -0.25) is 0 Å². The highest BCUT2D eigenvalue weighted by Crippen LogP contribution is 2.45. The molecular weight excluding hydrogens is 513 g/mol. The van der Waals surface area contributed by atoms with E-state index < -0.39 is 5.60 Å². The lowest BCUT2D eigenvalue weighted by Gasteiger charge is -2.44. The van der Waals surface area contributed by atoms with Gasteiger partial charge in [-0.2, -0.15) is 0 Å². The summed E-state index contributed by atoms with van der Waals surface area (Å²) in [4.78, 5) is 0. The summed E-state index contributed by atoms with van der Waals surface area (Å²) in [5, 5.41) is 4.12. The van der Waals surface area contributed by atoms with Crippen LogP contribution in [0.2, 0.25) is 5.02 Å². The highest BCUT2D eigenvalue weighted by Gasteiger charge is 2.46. The van der Waals surface area contributed by atoms with Gasteiger partial charge in [0, 0.05) is 29.4 Å². The Morgan fingerprint density at radius 3 is 2.59 bits per heavy atom. The molecule has 0 aromatic heterocycles. The summed E-state index contributed by atoms with van der Waals surface area (Å²) in [5.74, 6) is 1.30. The number of halogens is 2. The number of anilines is 1. The fourth-order valence-electron chi connectivity index (χ4n) is 5.79. The van der Waals surface area contributed by atoms with Crippen molar-refractivity contribution in [2.45, 2.75) is 83.3 Å². The molecule has 0 bridgehead atoms. The number of hydrogen-bond acceptors (Lipinski definition) is 4. The molecule has 1 aliphatic carbocycles. The molecule has 0 radical (unpaired) electrons. The molecule has 39 heavy (non-hydrogen) atoms. The van der Waals surface area contributed by atoms with Crippen molar-refractivity contribution < 1.29 is 18.6 Å². The molecule has 5 rings (SSSR count). The summed E-state index contributed by atoms with van der Waals surface area (Å²) in [7, 11) is 0. The topological polar surface area (TPSA) is 39.7 Å². The second-order valence-electron chi connectivity index (χ2n) is 11.3. The number of hydrogen-bond donors (Lipinski definition) is 1. The Morgan fingerprint density at radius 1 is 0.974 bits per heavy atom. The van der Waals surface area contributed by atoms with Crippen LogP contribution in [-0.2, 0) is 22.6 Å². The van der Waals surface area contributed by atoms with Gasteiger partial charge >= 0.3 is 0 Å². The van der Waals surface area contributed by atoms with Gasteiger partial charge in [-0.1, -0.05) is 74.0 Å². The Labute approximate surface area is 236 Å². The maximum Gasteiger partial charge on any atom is 0.132 e. The number of nitrogens with one attached hydrogen (secondary N) is 1. The van der Waals surface area contributed by atoms with E-state index in [4.69, 9.17) is 25.8 Å². The van der Waals surface area contributed by atoms with Crippen LogP contribution < -0.4 is 10.1 Å². The molecular formula is C33H39ClFNO3. The summed E-state index contributed by atoms with van der Waals surface area (Å²) in [5.41, 5.74) is 3.09. The van der Waals surface area contributed by atoms with Crippen LogP contribution in [-0.4, -0.2) is 18.3 Å². The molecule has 3 aromatic carbocycles. The average Bonchev–Trinajstić information content (AvgIpc) is 2.92. The molecule has 2 aliphatic rings. The number of benzene rings is 3. The molecule has 1 aliphatic heterocycles. The molecule has 0 amide bonds. The van der Waals surface area contributed by atoms with Gasteiger partial charge in [-0.05, 0) is 73.7 Å². The quantitative estimate of drug-likeness (QED) is 0.273. The number of ether oxygens (including phenoxy) is 3. The van der Waals surface area contributed by atoms with E-state index in [-0.39, 0.29) is 18.0 Å². The molecule has 208 valence electrons. The second-order valence-corrected chi connectivity index (χ2v) is 11.8. The van der Waals surface area contributed by atoms with Crippen LogP contribution in [0.3, 0.4) is 0 Å². The molecule has 0 spiro atoms. The Morgan fingerprint density at radius 2 is 1.79 bits per heavy atom. The maximum absolute atomic E-state index is 13.7. The molecule has 4 nitrogen and oxygen atoms in total. The fourth-order valence-corrected chi connectivity index (χ4v) is 5.98. The average molecular weight is 552 g/mol. The Kier molecular flexibility index (Phi) is 9.11. The summed E-state index contributed by atoms with van der Waals surface area (Å²) in [6.45, 7) is 5.67. The highest BCUT2D eigenvalue weighted by atomic mass is 35.5. The van der Waals surface area contributed by atoms with Crippen molar-refractivity contribution in [3.05, 3.63) is 94.3 Å². The standard InChI is InChI=1S/C33H39ClFNO3/c1-33(2)32(38-22-25-12-6-7-14-29(25)34)31(37-18-17-23-9-4-3-5-10-23)28-20-27(15-16-30(28)39-33)36-21-24-11-8-13-26(35)19-24/h6-8,11-16,19-20,23,31-32,36H,3-5,9-10,17-18,21-22H2,1-2H3. The lowest BCUT2D eigenvalue weighted by molar-refractivity contribution is -0.168. The van der Waals surface area contributed by atoms with Gasteiger partial charge in [0.1, 0.15) is 29.4 Å². The predicted molar refractivity (Wildman–Crippen MR) is 155 cm³/mol. The maximum atomic E-state index is 13.7. The molecule has 1 saturated carbocycles. The first-order chi connectivity index (χ1) is 18.9. The van der Waals surface area contributed by atoms with E-state index in [0.29, 0.717) is 24.8 Å². The minimum Gasteiger partial charge on any atom is -0.485 e. The van der Waals surface area contributed by atoms with Crippen LogP contribution in [0.25, 0.3) is 0 Å². The van der Waals surface area contributed by atoms with Crippen molar-refractivity contribution in [3.63, 3.8) is 0 Å². The zero-order valence-corrected chi connectivity index (χ0v) is 23.7. The van der Waals surface area contributed by atoms with Crippen molar-refractivity contribution in [3.8, 4) is 5.75 Å². The van der Waals surface area contributed by atoms with Gasteiger partial charge in [0.25, 0.3) is 0 Å². The summed E-state index contributed by atoms with van der Waals surface area (Å²) >= 11 is 6.44. The fraction of sp³-hybridized carbons (Fsp3) is 0.455. The van der Waals surface area contributed by atoms with E-state index in [1.54, 1.807) is 12.1 Å². The van der Waals surface area contributed by atoms with Crippen molar-refractivity contribution in [2.75, 3.05) is 11.9 Å². The largest absolute Gasteiger partial charge is 0.485 e. The Balaban J connectivity index is 1.37. The predicted octanol–water partition coefficient (Wildman–Crippen LogP) is 8.88. The van der Waals surface area contributed by atoms with E-state index in [1.807, 2.05) is 42.5 Å². The van der Waals surface area contributed by atoms with Gasteiger partial charge in [0.05, 0.1) is 6.61 Å². The lowest BCUT2D eigenvalue weighted by Crippen LogP contribution is -2.51. The van der Waals surface area contributed by atoms with Crippen LogP contribution in [0, 0.1) is 11.7 Å². The SMILES string of the molecule is CC1(C)Oc2ccc(NCc3cccc(F)c3)cc2C(OCCC2CCCCC2)C1OCc1ccccc1Cl. The van der Waals surface area contributed by atoms with Crippen molar-refractivity contribution in [1.29, 1.82) is 0 Å². The summed E-state index contributed by atoms with van der Waals surface area (Å²) < 4.78 is 33.4. The molecule has 1 N–H and O–H groups in total. The molecule has 3 aromatic rings. The van der Waals surface area contributed by atoms with E-state index >= 15 is 0 Å². The third kappa shape index (κ3) is 7.13. The molecule has 2 atom stereocenters. The van der Waals surface area contributed by atoms with Gasteiger partial charge in [0.2, 0.25) is 0 Å².